The molecule has 0 atom stereocenters. The van der Waals surface area contributed by atoms with Gasteiger partial charge in [0.1, 0.15) is 5.75 Å². The first kappa shape index (κ1) is 13.1. The van der Waals surface area contributed by atoms with Crippen LogP contribution in [0.4, 0.5) is 0 Å². The maximum atomic E-state index is 5.59. The Morgan fingerprint density at radius 2 is 2.00 bits per heavy atom. The summed E-state index contributed by atoms with van der Waals surface area (Å²) < 4.78 is 5.17. The normalized spacial score (nSPS) is 10.6. The molecule has 2 rings (SSSR count). The first-order valence-electron chi connectivity index (χ1n) is 6.11. The van der Waals surface area contributed by atoms with Crippen molar-refractivity contribution >= 4 is 11.3 Å². The first-order chi connectivity index (χ1) is 8.78. The highest BCUT2D eigenvalue weighted by molar-refractivity contribution is 7.12. The van der Waals surface area contributed by atoms with Gasteiger partial charge in [0.15, 0.2) is 0 Å². The number of hydrogen-bond donors (Lipinski definition) is 1. The van der Waals surface area contributed by atoms with Gasteiger partial charge in [0.05, 0.1) is 17.8 Å². The van der Waals surface area contributed by atoms with Crippen molar-refractivity contribution in [3.63, 3.8) is 0 Å². The van der Waals surface area contributed by atoms with Crippen LogP contribution in [0.5, 0.6) is 5.75 Å². The van der Waals surface area contributed by atoms with Gasteiger partial charge in [0.25, 0.3) is 0 Å². The SMILES string of the molecule is CCc1sc(CCN)nc1-c1ccc(OC)cc1. The van der Waals surface area contributed by atoms with Crippen molar-refractivity contribution in [1.82, 2.24) is 4.98 Å². The van der Waals surface area contributed by atoms with Gasteiger partial charge in [-0.2, -0.15) is 0 Å². The smallest absolute Gasteiger partial charge is 0.118 e. The van der Waals surface area contributed by atoms with E-state index in [0.29, 0.717) is 6.54 Å². The number of hydrogen-bond acceptors (Lipinski definition) is 4. The van der Waals surface area contributed by atoms with Gasteiger partial charge in [-0.15, -0.1) is 11.3 Å². The maximum Gasteiger partial charge on any atom is 0.118 e. The van der Waals surface area contributed by atoms with E-state index in [1.807, 2.05) is 12.1 Å². The molecule has 2 aromatic rings. The summed E-state index contributed by atoms with van der Waals surface area (Å²) in [6.45, 7) is 2.81. The molecule has 0 aliphatic carbocycles. The highest BCUT2D eigenvalue weighted by Crippen LogP contribution is 2.30. The summed E-state index contributed by atoms with van der Waals surface area (Å²) in [5, 5.41) is 1.13. The van der Waals surface area contributed by atoms with Crippen molar-refractivity contribution in [1.29, 1.82) is 0 Å². The van der Waals surface area contributed by atoms with E-state index in [0.717, 1.165) is 34.9 Å². The van der Waals surface area contributed by atoms with Crippen LogP contribution in [0.25, 0.3) is 11.3 Å². The molecule has 2 N–H and O–H groups in total. The Hall–Kier alpha value is -1.39. The fourth-order valence-electron chi connectivity index (χ4n) is 1.84. The highest BCUT2D eigenvalue weighted by atomic mass is 32.1. The predicted molar refractivity (Wildman–Crippen MR) is 76.2 cm³/mol. The number of nitrogens with zero attached hydrogens (tertiary/aromatic N) is 1. The quantitative estimate of drug-likeness (QED) is 0.901. The lowest BCUT2D eigenvalue weighted by atomic mass is 10.1. The first-order valence-corrected chi connectivity index (χ1v) is 6.93. The predicted octanol–water partition coefficient (Wildman–Crippen LogP) is 2.88. The average molecular weight is 262 g/mol. The molecule has 0 radical (unpaired) electrons. The second-order valence-electron chi connectivity index (χ2n) is 4.00. The number of aryl methyl sites for hydroxylation is 1. The number of aromatic nitrogens is 1. The average Bonchev–Trinajstić information content (AvgIpc) is 2.82. The monoisotopic (exact) mass is 262 g/mol. The molecule has 0 saturated carbocycles. The van der Waals surface area contributed by atoms with Crippen LogP contribution in [0.1, 0.15) is 16.8 Å². The zero-order valence-corrected chi connectivity index (χ0v) is 11.6. The van der Waals surface area contributed by atoms with E-state index in [1.54, 1.807) is 18.4 Å². The zero-order chi connectivity index (χ0) is 13.0. The molecule has 1 aromatic heterocycles. The van der Waals surface area contributed by atoms with Gasteiger partial charge in [-0.3, -0.25) is 0 Å². The molecular formula is C14H18N2OS. The minimum absolute atomic E-state index is 0.652. The van der Waals surface area contributed by atoms with E-state index in [9.17, 15) is 0 Å². The Kier molecular flexibility index (Phi) is 4.33. The lowest BCUT2D eigenvalue weighted by molar-refractivity contribution is 0.415. The summed E-state index contributed by atoms with van der Waals surface area (Å²) in [6, 6.07) is 8.05. The molecule has 0 fully saturated rings. The molecule has 0 bridgehead atoms. The van der Waals surface area contributed by atoms with Crippen molar-refractivity contribution in [2.24, 2.45) is 5.73 Å². The zero-order valence-electron chi connectivity index (χ0n) is 10.8. The third-order valence-corrected chi connectivity index (χ3v) is 4.04. The minimum atomic E-state index is 0.652. The van der Waals surface area contributed by atoms with Crippen molar-refractivity contribution in [2.75, 3.05) is 13.7 Å². The summed E-state index contributed by atoms with van der Waals surface area (Å²) in [5.74, 6) is 0.870. The Balaban J connectivity index is 2.35. The Morgan fingerprint density at radius 3 is 2.56 bits per heavy atom. The summed E-state index contributed by atoms with van der Waals surface area (Å²) in [6.07, 6.45) is 1.86. The minimum Gasteiger partial charge on any atom is -0.497 e. The number of ether oxygens (including phenoxy) is 1. The van der Waals surface area contributed by atoms with Gasteiger partial charge in [0, 0.05) is 16.9 Å². The van der Waals surface area contributed by atoms with E-state index >= 15 is 0 Å². The van der Waals surface area contributed by atoms with Gasteiger partial charge in [0.2, 0.25) is 0 Å². The fourth-order valence-corrected chi connectivity index (χ4v) is 2.89. The van der Waals surface area contributed by atoms with E-state index in [-0.39, 0.29) is 0 Å². The van der Waals surface area contributed by atoms with Crippen LogP contribution < -0.4 is 10.5 Å². The summed E-state index contributed by atoms with van der Waals surface area (Å²) in [7, 11) is 1.68. The molecule has 96 valence electrons. The summed E-state index contributed by atoms with van der Waals surface area (Å²) >= 11 is 1.77. The van der Waals surface area contributed by atoms with Gasteiger partial charge >= 0.3 is 0 Å². The largest absolute Gasteiger partial charge is 0.497 e. The number of benzene rings is 1. The van der Waals surface area contributed by atoms with Crippen LogP contribution in [0.3, 0.4) is 0 Å². The Morgan fingerprint density at radius 1 is 1.28 bits per heavy atom. The lowest BCUT2D eigenvalue weighted by Crippen LogP contribution is -2.01. The van der Waals surface area contributed by atoms with Crippen LogP contribution in [-0.4, -0.2) is 18.6 Å². The number of rotatable bonds is 5. The van der Waals surface area contributed by atoms with Crippen LogP contribution >= 0.6 is 11.3 Å². The third-order valence-electron chi connectivity index (χ3n) is 2.78. The number of nitrogens with two attached hydrogens (primary N) is 1. The molecule has 3 nitrogen and oxygen atoms in total. The molecule has 18 heavy (non-hydrogen) atoms. The van der Waals surface area contributed by atoms with Gasteiger partial charge in [-0.25, -0.2) is 4.98 Å². The van der Waals surface area contributed by atoms with E-state index in [4.69, 9.17) is 15.5 Å². The van der Waals surface area contributed by atoms with Gasteiger partial charge in [-0.05, 0) is 37.2 Å². The molecule has 0 spiro atoms. The molecule has 0 aliphatic rings. The molecule has 4 heteroatoms. The summed E-state index contributed by atoms with van der Waals surface area (Å²) in [5.41, 5.74) is 7.82. The number of methoxy groups -OCH3 is 1. The fraction of sp³-hybridized carbons (Fsp3) is 0.357. The number of thiazole rings is 1. The molecule has 0 aliphatic heterocycles. The second-order valence-corrected chi connectivity index (χ2v) is 5.17. The molecule has 1 aromatic carbocycles. The Labute approximate surface area is 112 Å². The second kappa shape index (κ2) is 5.98. The van der Waals surface area contributed by atoms with Crippen LogP contribution in [0.2, 0.25) is 0 Å². The van der Waals surface area contributed by atoms with Crippen LogP contribution in [0.15, 0.2) is 24.3 Å². The van der Waals surface area contributed by atoms with Crippen molar-refractivity contribution in [3.8, 4) is 17.0 Å². The van der Waals surface area contributed by atoms with Gasteiger partial charge < -0.3 is 10.5 Å². The molecular weight excluding hydrogens is 244 g/mol. The lowest BCUT2D eigenvalue weighted by Gasteiger charge is -2.02. The van der Waals surface area contributed by atoms with Crippen LogP contribution in [-0.2, 0) is 12.8 Å². The summed E-state index contributed by atoms with van der Waals surface area (Å²) in [4.78, 5) is 6.02. The van der Waals surface area contributed by atoms with E-state index < -0.39 is 0 Å². The standard InChI is InChI=1S/C14H18N2OS/c1-3-12-14(16-13(18-12)8-9-15)10-4-6-11(17-2)7-5-10/h4-7H,3,8-9,15H2,1-2H3. The highest BCUT2D eigenvalue weighted by Gasteiger charge is 2.11. The molecule has 1 heterocycles. The topological polar surface area (TPSA) is 48.1 Å². The Bertz CT molecular complexity index is 505. The van der Waals surface area contributed by atoms with Crippen LogP contribution in [0, 0.1) is 0 Å². The van der Waals surface area contributed by atoms with E-state index in [2.05, 4.69) is 19.1 Å². The van der Waals surface area contributed by atoms with Crippen molar-refractivity contribution < 1.29 is 4.74 Å². The molecule has 0 amide bonds. The maximum absolute atomic E-state index is 5.59. The van der Waals surface area contributed by atoms with Gasteiger partial charge in [-0.1, -0.05) is 6.92 Å². The van der Waals surface area contributed by atoms with Crippen molar-refractivity contribution in [3.05, 3.63) is 34.2 Å². The van der Waals surface area contributed by atoms with Crippen molar-refractivity contribution in [2.45, 2.75) is 19.8 Å². The molecule has 0 unspecified atom stereocenters. The molecule has 0 saturated heterocycles. The third kappa shape index (κ3) is 2.71. The van der Waals surface area contributed by atoms with E-state index in [1.165, 1.54) is 4.88 Å².